The molecule has 0 spiro atoms. The monoisotopic (exact) mass is 205 g/mol. The maximum Gasteiger partial charge on any atom is 0.127 e. The topological polar surface area (TPSA) is 12.0 Å². The van der Waals surface area contributed by atoms with E-state index in [-0.39, 0.29) is 11.9 Å². The van der Waals surface area contributed by atoms with Gasteiger partial charge < -0.3 is 0 Å². The third kappa shape index (κ3) is 3.38. The Morgan fingerprint density at radius 3 is 2.87 bits per heavy atom. The Labute approximate surface area is 90.7 Å². The minimum Gasteiger partial charge on any atom is -0.299 e. The van der Waals surface area contributed by atoms with Gasteiger partial charge in [0.25, 0.3) is 0 Å². The van der Waals surface area contributed by atoms with Crippen LogP contribution in [0.3, 0.4) is 0 Å². The molecule has 0 aliphatic carbocycles. The highest BCUT2D eigenvalue weighted by Crippen LogP contribution is 2.09. The van der Waals surface area contributed by atoms with Gasteiger partial charge in [-0.1, -0.05) is 30.5 Å². The fourth-order valence-corrected chi connectivity index (χ4v) is 1.39. The zero-order chi connectivity index (χ0) is 11.3. The Balaban J connectivity index is 2.65. The molecule has 2 heteroatoms. The molecular weight excluding hydrogens is 189 g/mol. The fourth-order valence-electron chi connectivity index (χ4n) is 1.39. The quantitative estimate of drug-likeness (QED) is 0.745. The van der Waals surface area contributed by atoms with E-state index in [0.29, 0.717) is 12.1 Å². The molecule has 0 aromatic heterocycles. The molecule has 1 unspecified atom stereocenters. The Morgan fingerprint density at radius 2 is 2.27 bits per heavy atom. The highest BCUT2D eigenvalue weighted by molar-refractivity contribution is 5.24. The lowest BCUT2D eigenvalue weighted by atomic mass is 10.1. The molecule has 1 aromatic carbocycles. The zero-order valence-corrected chi connectivity index (χ0v) is 9.18. The highest BCUT2D eigenvalue weighted by Gasteiger charge is 2.05. The molecule has 0 fully saturated rings. The van der Waals surface area contributed by atoms with E-state index in [0.717, 1.165) is 12.0 Å². The Bertz CT molecular complexity index is 365. The van der Waals surface area contributed by atoms with Gasteiger partial charge in [-0.05, 0) is 19.4 Å². The van der Waals surface area contributed by atoms with Crippen molar-refractivity contribution in [3.63, 3.8) is 0 Å². The summed E-state index contributed by atoms with van der Waals surface area (Å²) < 4.78 is 13.3. The molecule has 1 aromatic rings. The van der Waals surface area contributed by atoms with E-state index in [2.05, 4.69) is 11.2 Å². The van der Waals surface area contributed by atoms with E-state index >= 15 is 0 Å². The summed E-state index contributed by atoms with van der Waals surface area (Å²) in [5.41, 5.74) is 1.73. The van der Waals surface area contributed by atoms with Crippen molar-refractivity contribution in [3.05, 3.63) is 35.1 Å². The standard InChI is InChI=1S/C13H16FN/c1-4-12(5-2)15-9-11-8-10(3)6-7-13(11)14/h1,6-8,12,15H,5,9H2,2-3H3. The van der Waals surface area contributed by atoms with Gasteiger partial charge in [-0.3, -0.25) is 5.32 Å². The van der Waals surface area contributed by atoms with Crippen LogP contribution in [0.1, 0.15) is 24.5 Å². The Morgan fingerprint density at radius 1 is 1.53 bits per heavy atom. The lowest BCUT2D eigenvalue weighted by Gasteiger charge is -2.11. The van der Waals surface area contributed by atoms with Crippen molar-refractivity contribution < 1.29 is 4.39 Å². The number of aryl methyl sites for hydroxylation is 1. The van der Waals surface area contributed by atoms with E-state index in [1.54, 1.807) is 6.07 Å². The normalized spacial score (nSPS) is 12.1. The van der Waals surface area contributed by atoms with Gasteiger partial charge in [-0.2, -0.15) is 0 Å². The first-order valence-electron chi connectivity index (χ1n) is 5.12. The summed E-state index contributed by atoms with van der Waals surface area (Å²) in [7, 11) is 0. The number of hydrogen-bond acceptors (Lipinski definition) is 1. The third-order valence-corrected chi connectivity index (χ3v) is 2.35. The molecular formula is C13H16FN. The minimum absolute atomic E-state index is 0.0184. The number of hydrogen-bond donors (Lipinski definition) is 1. The molecule has 1 atom stereocenters. The first-order chi connectivity index (χ1) is 7.17. The number of benzene rings is 1. The fraction of sp³-hybridized carbons (Fsp3) is 0.385. The highest BCUT2D eigenvalue weighted by atomic mass is 19.1. The van der Waals surface area contributed by atoms with Gasteiger partial charge in [-0.15, -0.1) is 6.42 Å². The summed E-state index contributed by atoms with van der Waals surface area (Å²) >= 11 is 0. The Hall–Kier alpha value is -1.33. The van der Waals surface area contributed by atoms with Crippen LogP contribution in [0.5, 0.6) is 0 Å². The van der Waals surface area contributed by atoms with Crippen molar-refractivity contribution in [1.82, 2.24) is 5.32 Å². The summed E-state index contributed by atoms with van der Waals surface area (Å²) in [6, 6.07) is 5.11. The molecule has 0 saturated carbocycles. The van der Waals surface area contributed by atoms with Crippen molar-refractivity contribution in [3.8, 4) is 12.3 Å². The van der Waals surface area contributed by atoms with Crippen molar-refractivity contribution in [2.45, 2.75) is 32.9 Å². The third-order valence-electron chi connectivity index (χ3n) is 2.35. The van der Waals surface area contributed by atoms with Crippen LogP contribution in [0.15, 0.2) is 18.2 Å². The molecule has 80 valence electrons. The molecule has 1 nitrogen and oxygen atoms in total. The molecule has 0 aliphatic heterocycles. The molecule has 0 saturated heterocycles. The summed E-state index contributed by atoms with van der Waals surface area (Å²) in [4.78, 5) is 0. The van der Waals surface area contributed by atoms with Crippen LogP contribution in [0, 0.1) is 25.1 Å². The van der Waals surface area contributed by atoms with Crippen LogP contribution in [0.2, 0.25) is 0 Å². The largest absolute Gasteiger partial charge is 0.299 e. The predicted octanol–water partition coefficient (Wildman–Crippen LogP) is 2.64. The van der Waals surface area contributed by atoms with E-state index in [1.165, 1.54) is 6.07 Å². The summed E-state index contributed by atoms with van der Waals surface area (Å²) in [5, 5.41) is 3.13. The predicted molar refractivity (Wildman–Crippen MR) is 60.9 cm³/mol. The molecule has 0 radical (unpaired) electrons. The van der Waals surface area contributed by atoms with Gasteiger partial charge >= 0.3 is 0 Å². The SMILES string of the molecule is C#CC(CC)NCc1cc(C)ccc1F. The Kier molecular flexibility index (Phi) is 4.33. The van der Waals surface area contributed by atoms with Crippen LogP contribution in [0.25, 0.3) is 0 Å². The van der Waals surface area contributed by atoms with Crippen LogP contribution >= 0.6 is 0 Å². The molecule has 0 amide bonds. The maximum atomic E-state index is 13.3. The second kappa shape index (κ2) is 5.53. The van der Waals surface area contributed by atoms with Gasteiger partial charge in [0.15, 0.2) is 0 Å². The van der Waals surface area contributed by atoms with Gasteiger partial charge in [-0.25, -0.2) is 4.39 Å². The van der Waals surface area contributed by atoms with E-state index in [9.17, 15) is 4.39 Å². The summed E-state index contributed by atoms with van der Waals surface area (Å²) in [6.45, 7) is 4.43. The van der Waals surface area contributed by atoms with Crippen molar-refractivity contribution in [2.75, 3.05) is 0 Å². The summed E-state index contributed by atoms with van der Waals surface area (Å²) in [5.74, 6) is 2.44. The van der Waals surface area contributed by atoms with Crippen LogP contribution < -0.4 is 5.32 Å². The van der Waals surface area contributed by atoms with Crippen molar-refractivity contribution in [1.29, 1.82) is 0 Å². The van der Waals surface area contributed by atoms with Crippen LogP contribution in [-0.4, -0.2) is 6.04 Å². The molecule has 0 bridgehead atoms. The van der Waals surface area contributed by atoms with Gasteiger partial charge in [0, 0.05) is 12.1 Å². The average Bonchev–Trinajstić information content (AvgIpc) is 2.24. The van der Waals surface area contributed by atoms with Crippen molar-refractivity contribution >= 4 is 0 Å². The van der Waals surface area contributed by atoms with E-state index in [1.807, 2.05) is 19.9 Å². The maximum absolute atomic E-state index is 13.3. The number of nitrogens with one attached hydrogen (secondary N) is 1. The average molecular weight is 205 g/mol. The molecule has 0 aliphatic rings. The molecule has 15 heavy (non-hydrogen) atoms. The smallest absolute Gasteiger partial charge is 0.127 e. The van der Waals surface area contributed by atoms with Crippen LogP contribution in [-0.2, 0) is 6.54 Å². The summed E-state index contributed by atoms with van der Waals surface area (Å²) in [6.07, 6.45) is 6.16. The van der Waals surface area contributed by atoms with Gasteiger partial charge in [0.05, 0.1) is 6.04 Å². The lowest BCUT2D eigenvalue weighted by molar-refractivity contribution is 0.556. The van der Waals surface area contributed by atoms with Crippen LogP contribution in [0.4, 0.5) is 4.39 Å². The first-order valence-corrected chi connectivity index (χ1v) is 5.12. The first kappa shape index (κ1) is 11.7. The number of terminal acetylenes is 1. The second-order valence-corrected chi connectivity index (χ2v) is 3.60. The van der Waals surface area contributed by atoms with E-state index < -0.39 is 0 Å². The zero-order valence-electron chi connectivity index (χ0n) is 9.18. The molecule has 1 N–H and O–H groups in total. The van der Waals surface area contributed by atoms with Gasteiger partial charge in [0.1, 0.15) is 5.82 Å². The van der Waals surface area contributed by atoms with Gasteiger partial charge in [0.2, 0.25) is 0 Å². The molecule has 0 heterocycles. The molecule has 1 rings (SSSR count). The number of rotatable bonds is 4. The number of halogens is 1. The minimum atomic E-state index is -0.181. The van der Waals surface area contributed by atoms with E-state index in [4.69, 9.17) is 6.42 Å². The second-order valence-electron chi connectivity index (χ2n) is 3.60. The van der Waals surface area contributed by atoms with Crippen molar-refractivity contribution in [2.24, 2.45) is 0 Å². The lowest BCUT2D eigenvalue weighted by Crippen LogP contribution is -2.26.